The fraction of sp³-hybridized carbons (Fsp3) is 0.571. The maximum Gasteiger partial charge on any atom is 0.343 e. The van der Waals surface area contributed by atoms with Crippen LogP contribution in [0.4, 0.5) is 4.79 Å². The van der Waals surface area contributed by atoms with Crippen molar-refractivity contribution >= 4 is 29.1 Å². The van der Waals surface area contributed by atoms with Crippen molar-refractivity contribution in [1.82, 2.24) is 15.4 Å². The van der Waals surface area contributed by atoms with E-state index < -0.39 is 6.03 Å². The highest BCUT2D eigenvalue weighted by Gasteiger charge is 2.04. The predicted octanol–water partition coefficient (Wildman–Crippen LogP) is 0.0756. The number of hydrogen-bond acceptors (Lipinski definition) is 4. The molecule has 0 atom stereocenters. The van der Waals surface area contributed by atoms with Crippen LogP contribution in [0.2, 0.25) is 0 Å². The van der Waals surface area contributed by atoms with Crippen LogP contribution < -0.4 is 15.4 Å². The van der Waals surface area contributed by atoms with E-state index in [9.17, 15) is 9.59 Å². The molecule has 0 saturated heterocycles. The molecule has 3 N–H and O–H groups in total. The third-order valence-corrected chi connectivity index (χ3v) is 1.60. The number of hydrogen-bond donors (Lipinski definition) is 3. The van der Waals surface area contributed by atoms with E-state index in [-0.39, 0.29) is 11.1 Å². The number of urea groups is 1. The molecule has 0 aliphatic heterocycles. The molecule has 80 valence electrons. The van der Waals surface area contributed by atoms with Gasteiger partial charge in [0, 0.05) is 13.5 Å². The smallest absolute Gasteiger partial charge is 0.336 e. The highest BCUT2D eigenvalue weighted by molar-refractivity contribution is 8.12. The van der Waals surface area contributed by atoms with Crippen molar-refractivity contribution in [1.29, 1.82) is 0 Å². The Morgan fingerprint density at radius 2 is 2.07 bits per heavy atom. The molecule has 0 bridgehead atoms. The molecule has 0 aromatic rings. The van der Waals surface area contributed by atoms with Gasteiger partial charge in [0.2, 0.25) is 5.91 Å². The molecule has 0 saturated carbocycles. The summed E-state index contributed by atoms with van der Waals surface area (Å²) in [4.78, 5) is 25.4. The first-order valence-electron chi connectivity index (χ1n) is 4.07. The van der Waals surface area contributed by atoms with Gasteiger partial charge >= 0.3 is 6.03 Å². The zero-order valence-corrected chi connectivity index (χ0v) is 9.20. The summed E-state index contributed by atoms with van der Waals surface area (Å²) in [5, 5.41) is 5.14. The van der Waals surface area contributed by atoms with Crippen molar-refractivity contribution in [2.45, 2.75) is 13.8 Å². The summed E-state index contributed by atoms with van der Waals surface area (Å²) in [6.45, 7) is 3.64. The Hall–Kier alpha value is -1.08. The molecule has 0 aliphatic carbocycles. The van der Waals surface area contributed by atoms with Crippen molar-refractivity contribution < 1.29 is 9.59 Å². The number of nitrogens with zero attached hydrogens (tertiary/aromatic N) is 1. The van der Waals surface area contributed by atoms with Gasteiger partial charge in [0.05, 0.1) is 0 Å². The normalized spacial score (nSPS) is 10.9. The molecule has 0 aromatic heterocycles. The van der Waals surface area contributed by atoms with Crippen LogP contribution in [0, 0.1) is 0 Å². The standard InChI is InChI=1S/C7H14N4O2S/c1-4-9-6(13)11-7(14-8-3)10-5(2)12/h8H,4H2,1-3H3,(H2,9,10,11,12,13). The lowest BCUT2D eigenvalue weighted by Crippen LogP contribution is -2.30. The van der Waals surface area contributed by atoms with E-state index in [1.807, 2.05) is 0 Å². The Labute approximate surface area is 87.1 Å². The van der Waals surface area contributed by atoms with Gasteiger partial charge < -0.3 is 10.6 Å². The average Bonchev–Trinajstić information content (AvgIpc) is 2.03. The van der Waals surface area contributed by atoms with Crippen LogP contribution in [0.15, 0.2) is 4.99 Å². The molecule has 0 unspecified atom stereocenters. The van der Waals surface area contributed by atoms with Gasteiger partial charge in [-0.25, -0.2) is 4.79 Å². The van der Waals surface area contributed by atoms with Gasteiger partial charge in [0.25, 0.3) is 0 Å². The SMILES string of the molecule is CCNC(=O)/N=C(/NC(C)=O)SNC. The van der Waals surface area contributed by atoms with Crippen molar-refractivity contribution in [3.8, 4) is 0 Å². The summed E-state index contributed by atoms with van der Waals surface area (Å²) in [5.41, 5.74) is 0. The lowest BCUT2D eigenvalue weighted by molar-refractivity contribution is -0.117. The van der Waals surface area contributed by atoms with E-state index in [1.54, 1.807) is 14.0 Å². The lowest BCUT2D eigenvalue weighted by Gasteiger charge is -2.04. The molecular formula is C7H14N4O2S. The third-order valence-electron chi connectivity index (χ3n) is 1.01. The fourth-order valence-corrected chi connectivity index (χ4v) is 1.12. The summed E-state index contributed by atoms with van der Waals surface area (Å²) < 4.78 is 2.71. The van der Waals surface area contributed by atoms with Crippen LogP contribution in [0.25, 0.3) is 0 Å². The van der Waals surface area contributed by atoms with Crippen LogP contribution in [0.1, 0.15) is 13.8 Å². The van der Waals surface area contributed by atoms with Crippen molar-refractivity contribution in [2.24, 2.45) is 4.99 Å². The van der Waals surface area contributed by atoms with Crippen molar-refractivity contribution in [2.75, 3.05) is 13.6 Å². The molecule has 0 radical (unpaired) electrons. The maximum absolute atomic E-state index is 11.0. The van der Waals surface area contributed by atoms with E-state index in [0.29, 0.717) is 6.54 Å². The lowest BCUT2D eigenvalue weighted by atomic mass is 10.7. The van der Waals surface area contributed by atoms with E-state index in [2.05, 4.69) is 20.3 Å². The van der Waals surface area contributed by atoms with Gasteiger partial charge in [0.1, 0.15) is 0 Å². The molecule has 0 aliphatic rings. The molecule has 0 spiro atoms. The predicted molar refractivity (Wildman–Crippen MR) is 57.0 cm³/mol. The van der Waals surface area contributed by atoms with Gasteiger partial charge in [-0.1, -0.05) is 0 Å². The summed E-state index contributed by atoms with van der Waals surface area (Å²) >= 11 is 1.07. The molecule has 6 nitrogen and oxygen atoms in total. The molecule has 14 heavy (non-hydrogen) atoms. The third kappa shape index (κ3) is 6.44. The highest BCUT2D eigenvalue weighted by atomic mass is 32.2. The van der Waals surface area contributed by atoms with Crippen LogP contribution in [-0.2, 0) is 4.79 Å². The number of amides is 3. The Bertz CT molecular complexity index is 242. The first-order chi connectivity index (χ1) is 6.60. The fourth-order valence-electron chi connectivity index (χ4n) is 0.607. The van der Waals surface area contributed by atoms with Crippen LogP contribution in [0.3, 0.4) is 0 Å². The van der Waals surface area contributed by atoms with Gasteiger partial charge in [-0.05, 0) is 25.9 Å². The first kappa shape index (κ1) is 12.9. The second-order valence-electron chi connectivity index (χ2n) is 2.24. The van der Waals surface area contributed by atoms with Gasteiger partial charge in [-0.15, -0.1) is 0 Å². The number of amidine groups is 1. The molecule has 0 rings (SSSR count). The minimum Gasteiger partial charge on any atom is -0.336 e. The number of carbonyl (C=O) groups is 2. The maximum atomic E-state index is 11.0. The number of carbonyl (C=O) groups excluding carboxylic acids is 2. The van der Waals surface area contributed by atoms with E-state index in [1.165, 1.54) is 6.92 Å². The molecular weight excluding hydrogens is 204 g/mol. The monoisotopic (exact) mass is 218 g/mol. The Morgan fingerprint density at radius 3 is 2.50 bits per heavy atom. The Morgan fingerprint density at radius 1 is 1.43 bits per heavy atom. The number of rotatable bonds is 2. The number of nitrogens with one attached hydrogen (secondary N) is 3. The molecule has 7 heteroatoms. The average molecular weight is 218 g/mol. The quantitative estimate of drug-likeness (QED) is 0.348. The first-order valence-corrected chi connectivity index (χ1v) is 4.89. The molecule has 0 heterocycles. The zero-order valence-electron chi connectivity index (χ0n) is 8.38. The second-order valence-corrected chi connectivity index (χ2v) is 3.24. The molecule has 0 aromatic carbocycles. The second kappa shape index (κ2) is 7.34. The minimum atomic E-state index is -0.473. The summed E-state index contributed by atoms with van der Waals surface area (Å²) in [6.07, 6.45) is 0. The summed E-state index contributed by atoms with van der Waals surface area (Å²) in [7, 11) is 1.67. The van der Waals surface area contributed by atoms with Crippen LogP contribution >= 0.6 is 11.9 Å². The van der Waals surface area contributed by atoms with Crippen molar-refractivity contribution in [3.05, 3.63) is 0 Å². The summed E-state index contributed by atoms with van der Waals surface area (Å²) in [5.74, 6) is -0.268. The molecule has 0 fully saturated rings. The van der Waals surface area contributed by atoms with Gasteiger partial charge in [-0.2, -0.15) is 4.99 Å². The van der Waals surface area contributed by atoms with E-state index >= 15 is 0 Å². The Kier molecular flexibility index (Phi) is 6.77. The van der Waals surface area contributed by atoms with Gasteiger partial charge in [0.15, 0.2) is 5.17 Å². The topological polar surface area (TPSA) is 82.6 Å². The molecule has 3 amide bonds. The van der Waals surface area contributed by atoms with Crippen LogP contribution in [-0.4, -0.2) is 30.7 Å². The van der Waals surface area contributed by atoms with Gasteiger partial charge in [-0.3, -0.25) is 9.52 Å². The van der Waals surface area contributed by atoms with E-state index in [0.717, 1.165) is 11.9 Å². The van der Waals surface area contributed by atoms with Crippen molar-refractivity contribution in [3.63, 3.8) is 0 Å². The number of aliphatic imine (C=N–C) groups is 1. The largest absolute Gasteiger partial charge is 0.343 e. The zero-order chi connectivity index (χ0) is 11.0. The summed E-state index contributed by atoms with van der Waals surface area (Å²) in [6, 6.07) is -0.473. The minimum absolute atomic E-state index is 0.228. The highest BCUT2D eigenvalue weighted by Crippen LogP contribution is 1.94. The Balaban J connectivity index is 4.30. The van der Waals surface area contributed by atoms with E-state index in [4.69, 9.17) is 0 Å². The van der Waals surface area contributed by atoms with Crippen LogP contribution in [0.5, 0.6) is 0 Å².